The van der Waals surface area contributed by atoms with Crippen LogP contribution in [0.2, 0.25) is 0 Å². The normalized spacial score (nSPS) is 11.9. The molecular formula is C17H17BrO2. The molecule has 0 bridgehead atoms. The quantitative estimate of drug-likeness (QED) is 0.761. The van der Waals surface area contributed by atoms with Crippen molar-refractivity contribution in [2.75, 3.05) is 6.61 Å². The molecule has 2 aromatic carbocycles. The van der Waals surface area contributed by atoms with Crippen molar-refractivity contribution < 1.29 is 9.53 Å². The van der Waals surface area contributed by atoms with Crippen LogP contribution in [0.5, 0.6) is 0 Å². The van der Waals surface area contributed by atoms with E-state index in [1.165, 1.54) is 0 Å². The van der Waals surface area contributed by atoms with E-state index in [4.69, 9.17) is 4.74 Å². The molecule has 0 spiro atoms. The fourth-order valence-electron chi connectivity index (χ4n) is 2.13. The maximum absolute atomic E-state index is 12.2. The maximum atomic E-state index is 12.2. The minimum Gasteiger partial charge on any atom is -0.466 e. The molecule has 20 heavy (non-hydrogen) atoms. The second-order valence-electron chi connectivity index (χ2n) is 4.55. The van der Waals surface area contributed by atoms with E-state index in [1.807, 2.05) is 61.5 Å². The summed E-state index contributed by atoms with van der Waals surface area (Å²) in [4.78, 5) is 12.2. The van der Waals surface area contributed by atoms with Crippen molar-refractivity contribution in [3.63, 3.8) is 0 Å². The zero-order valence-corrected chi connectivity index (χ0v) is 13.0. The van der Waals surface area contributed by atoms with E-state index < -0.39 is 0 Å². The van der Waals surface area contributed by atoms with Crippen molar-refractivity contribution in [2.45, 2.75) is 19.3 Å². The molecule has 3 heteroatoms. The second-order valence-corrected chi connectivity index (χ2v) is 5.46. The predicted molar refractivity (Wildman–Crippen MR) is 83.7 cm³/mol. The number of ether oxygens (including phenoxy) is 1. The number of hydrogen-bond donors (Lipinski definition) is 0. The summed E-state index contributed by atoms with van der Waals surface area (Å²) in [6, 6.07) is 17.8. The number of hydrogen-bond acceptors (Lipinski definition) is 2. The van der Waals surface area contributed by atoms with Gasteiger partial charge in [0.15, 0.2) is 0 Å². The van der Waals surface area contributed by atoms with Crippen LogP contribution in [0, 0.1) is 0 Å². The van der Waals surface area contributed by atoms with Crippen molar-refractivity contribution in [1.29, 1.82) is 0 Å². The van der Waals surface area contributed by atoms with E-state index in [2.05, 4.69) is 15.9 Å². The Morgan fingerprint density at radius 3 is 2.35 bits per heavy atom. The molecule has 1 unspecified atom stereocenters. The van der Waals surface area contributed by atoms with Gasteiger partial charge < -0.3 is 4.74 Å². The van der Waals surface area contributed by atoms with Crippen LogP contribution in [0.4, 0.5) is 0 Å². The zero-order chi connectivity index (χ0) is 14.4. The van der Waals surface area contributed by atoms with Crippen molar-refractivity contribution in [2.24, 2.45) is 0 Å². The zero-order valence-electron chi connectivity index (χ0n) is 11.4. The molecule has 0 amide bonds. The third-order valence-electron chi connectivity index (χ3n) is 3.13. The van der Waals surface area contributed by atoms with Crippen LogP contribution < -0.4 is 0 Å². The average Bonchev–Trinajstić information content (AvgIpc) is 2.47. The summed E-state index contributed by atoms with van der Waals surface area (Å²) in [6.07, 6.45) is 0.654. The van der Waals surface area contributed by atoms with Crippen LogP contribution in [0.15, 0.2) is 59.1 Å². The summed E-state index contributed by atoms with van der Waals surface area (Å²) < 4.78 is 6.21. The van der Waals surface area contributed by atoms with Crippen LogP contribution in [0.3, 0.4) is 0 Å². The summed E-state index contributed by atoms with van der Waals surface area (Å²) in [5, 5.41) is 0. The summed E-state index contributed by atoms with van der Waals surface area (Å²) >= 11 is 3.41. The third-order valence-corrected chi connectivity index (χ3v) is 3.65. The van der Waals surface area contributed by atoms with Gasteiger partial charge in [-0.3, -0.25) is 4.79 Å². The van der Waals surface area contributed by atoms with Crippen molar-refractivity contribution in [3.05, 3.63) is 70.2 Å². The van der Waals surface area contributed by atoms with E-state index in [0.29, 0.717) is 13.0 Å². The topological polar surface area (TPSA) is 26.3 Å². The molecule has 2 aromatic rings. The Hall–Kier alpha value is -1.61. The van der Waals surface area contributed by atoms with E-state index in [9.17, 15) is 4.79 Å². The molecule has 0 aromatic heterocycles. The van der Waals surface area contributed by atoms with Gasteiger partial charge in [0.2, 0.25) is 0 Å². The maximum Gasteiger partial charge on any atom is 0.313 e. The van der Waals surface area contributed by atoms with Crippen LogP contribution in [-0.4, -0.2) is 12.6 Å². The smallest absolute Gasteiger partial charge is 0.313 e. The molecule has 2 nitrogen and oxygen atoms in total. The summed E-state index contributed by atoms with van der Waals surface area (Å²) in [5.41, 5.74) is 2.11. The highest BCUT2D eigenvalue weighted by Crippen LogP contribution is 2.24. The molecule has 104 valence electrons. The number of halogens is 1. The van der Waals surface area contributed by atoms with Gasteiger partial charge in [-0.1, -0.05) is 58.4 Å². The van der Waals surface area contributed by atoms with Gasteiger partial charge in [0.05, 0.1) is 12.5 Å². The van der Waals surface area contributed by atoms with E-state index in [1.54, 1.807) is 0 Å². The van der Waals surface area contributed by atoms with Crippen LogP contribution in [0.1, 0.15) is 24.0 Å². The lowest BCUT2D eigenvalue weighted by atomic mass is 9.92. The lowest BCUT2D eigenvalue weighted by molar-refractivity contribution is -0.144. The Labute approximate surface area is 127 Å². The monoisotopic (exact) mass is 332 g/mol. The van der Waals surface area contributed by atoms with Gasteiger partial charge in [0.1, 0.15) is 0 Å². The van der Waals surface area contributed by atoms with E-state index in [0.717, 1.165) is 15.6 Å². The molecule has 2 rings (SSSR count). The van der Waals surface area contributed by atoms with E-state index >= 15 is 0 Å². The van der Waals surface area contributed by atoms with Crippen molar-refractivity contribution >= 4 is 21.9 Å². The first-order chi connectivity index (χ1) is 9.70. The predicted octanol–water partition coefficient (Wildman–Crippen LogP) is 4.34. The fourth-order valence-corrected chi connectivity index (χ4v) is 2.39. The van der Waals surface area contributed by atoms with Crippen LogP contribution in [0.25, 0.3) is 0 Å². The Morgan fingerprint density at radius 1 is 1.10 bits per heavy atom. The molecule has 0 radical (unpaired) electrons. The molecule has 0 saturated heterocycles. The minimum absolute atomic E-state index is 0.168. The van der Waals surface area contributed by atoms with Gasteiger partial charge in [0.25, 0.3) is 0 Å². The van der Waals surface area contributed by atoms with Gasteiger partial charge in [-0.05, 0) is 36.6 Å². The SMILES string of the molecule is CCOC(=O)C(Cc1ccccc1)c1ccc(Br)cc1. The molecule has 0 aliphatic rings. The Kier molecular flexibility index (Phi) is 5.36. The summed E-state index contributed by atoms with van der Waals surface area (Å²) in [6.45, 7) is 2.24. The summed E-state index contributed by atoms with van der Waals surface area (Å²) in [7, 11) is 0. The van der Waals surface area contributed by atoms with E-state index in [-0.39, 0.29) is 11.9 Å². The number of carbonyl (C=O) groups excluding carboxylic acids is 1. The fraction of sp³-hybridized carbons (Fsp3) is 0.235. The highest BCUT2D eigenvalue weighted by atomic mass is 79.9. The molecule has 0 aliphatic heterocycles. The van der Waals surface area contributed by atoms with Gasteiger partial charge in [-0.15, -0.1) is 0 Å². The highest BCUT2D eigenvalue weighted by molar-refractivity contribution is 9.10. The largest absolute Gasteiger partial charge is 0.466 e. The molecule has 0 fully saturated rings. The number of rotatable bonds is 5. The van der Waals surface area contributed by atoms with Gasteiger partial charge in [-0.25, -0.2) is 0 Å². The lowest BCUT2D eigenvalue weighted by Gasteiger charge is -2.16. The van der Waals surface area contributed by atoms with Crippen LogP contribution in [-0.2, 0) is 16.0 Å². The first-order valence-electron chi connectivity index (χ1n) is 6.66. The second kappa shape index (κ2) is 7.25. The molecule has 0 N–H and O–H groups in total. The molecule has 0 heterocycles. The number of esters is 1. The highest BCUT2D eigenvalue weighted by Gasteiger charge is 2.22. The molecule has 0 aliphatic carbocycles. The minimum atomic E-state index is -0.259. The summed E-state index contributed by atoms with van der Waals surface area (Å²) in [5.74, 6) is -0.427. The Morgan fingerprint density at radius 2 is 1.75 bits per heavy atom. The molecule has 0 saturated carbocycles. The number of carbonyl (C=O) groups is 1. The first-order valence-corrected chi connectivity index (χ1v) is 7.46. The van der Waals surface area contributed by atoms with Crippen LogP contribution >= 0.6 is 15.9 Å². The van der Waals surface area contributed by atoms with Gasteiger partial charge >= 0.3 is 5.97 Å². The first kappa shape index (κ1) is 14.8. The Bertz CT molecular complexity index is 549. The van der Waals surface area contributed by atoms with Gasteiger partial charge in [0, 0.05) is 4.47 Å². The van der Waals surface area contributed by atoms with Crippen molar-refractivity contribution in [1.82, 2.24) is 0 Å². The molecular weight excluding hydrogens is 316 g/mol. The lowest BCUT2D eigenvalue weighted by Crippen LogP contribution is -2.18. The van der Waals surface area contributed by atoms with Crippen molar-refractivity contribution in [3.8, 4) is 0 Å². The standard InChI is InChI=1S/C17H17BrO2/c1-2-20-17(19)16(12-13-6-4-3-5-7-13)14-8-10-15(18)11-9-14/h3-11,16H,2,12H2,1H3. The third kappa shape index (κ3) is 3.94. The Balaban J connectivity index is 2.25. The molecule has 1 atom stereocenters. The number of benzene rings is 2. The average molecular weight is 333 g/mol. The van der Waals surface area contributed by atoms with Gasteiger partial charge in [-0.2, -0.15) is 0 Å².